The summed E-state index contributed by atoms with van der Waals surface area (Å²) >= 11 is 0. The summed E-state index contributed by atoms with van der Waals surface area (Å²) in [7, 11) is 0. The van der Waals surface area contributed by atoms with E-state index in [9.17, 15) is 14.4 Å². The van der Waals surface area contributed by atoms with Crippen LogP contribution in [0.15, 0.2) is 53.9 Å². The largest absolute Gasteiger partial charge is 0.366 e. The van der Waals surface area contributed by atoms with Crippen LogP contribution in [0, 0.1) is 0 Å². The number of benzene rings is 1. The zero-order chi connectivity index (χ0) is 18.2. The molecule has 0 spiro atoms. The number of aromatic nitrogens is 1. The molecular formula is C17H17N5O3. The van der Waals surface area contributed by atoms with Gasteiger partial charge in [0.1, 0.15) is 0 Å². The number of para-hydroxylation sites is 1. The summed E-state index contributed by atoms with van der Waals surface area (Å²) in [5.74, 6) is -1.44. The zero-order valence-corrected chi connectivity index (χ0v) is 13.5. The zero-order valence-electron chi connectivity index (χ0n) is 13.5. The molecule has 0 atom stereocenters. The fourth-order valence-corrected chi connectivity index (χ4v) is 1.98. The van der Waals surface area contributed by atoms with Crippen molar-refractivity contribution in [1.29, 1.82) is 0 Å². The third-order valence-corrected chi connectivity index (χ3v) is 3.16. The number of pyridine rings is 1. The summed E-state index contributed by atoms with van der Waals surface area (Å²) in [5, 5.41) is 6.48. The molecule has 2 rings (SSSR count). The molecule has 8 nitrogen and oxygen atoms in total. The first-order valence-electron chi connectivity index (χ1n) is 7.39. The highest BCUT2D eigenvalue weighted by atomic mass is 16.2. The second kappa shape index (κ2) is 8.34. The van der Waals surface area contributed by atoms with Gasteiger partial charge in [-0.3, -0.25) is 19.4 Å². The number of primary amides is 1. The van der Waals surface area contributed by atoms with Crippen molar-refractivity contribution in [3.63, 3.8) is 0 Å². The molecule has 0 aliphatic heterocycles. The van der Waals surface area contributed by atoms with Crippen molar-refractivity contribution in [3.05, 3.63) is 59.9 Å². The van der Waals surface area contributed by atoms with E-state index in [1.54, 1.807) is 43.5 Å². The second-order valence-corrected chi connectivity index (χ2v) is 5.16. The normalized spacial score (nSPS) is 10.8. The first kappa shape index (κ1) is 17.8. The highest BCUT2D eigenvalue weighted by Crippen LogP contribution is 2.14. The van der Waals surface area contributed by atoms with Gasteiger partial charge >= 0.3 is 0 Å². The van der Waals surface area contributed by atoms with Gasteiger partial charge in [0.2, 0.25) is 5.91 Å². The number of hydrogen-bond acceptors (Lipinski definition) is 5. The van der Waals surface area contributed by atoms with E-state index in [1.807, 2.05) is 0 Å². The maximum atomic E-state index is 12.0. The first-order chi connectivity index (χ1) is 12.0. The molecular weight excluding hydrogens is 322 g/mol. The Hall–Kier alpha value is -3.55. The van der Waals surface area contributed by atoms with E-state index in [4.69, 9.17) is 5.73 Å². The van der Waals surface area contributed by atoms with Crippen molar-refractivity contribution >= 4 is 29.1 Å². The Kier molecular flexibility index (Phi) is 5.94. The van der Waals surface area contributed by atoms with Crippen LogP contribution in [0.25, 0.3) is 0 Å². The van der Waals surface area contributed by atoms with Crippen molar-refractivity contribution in [2.24, 2.45) is 10.8 Å². The topological polar surface area (TPSA) is 127 Å². The standard InChI is InChI=1S/C17H17N5O3/c1-11(21-22-17(25)12-5-4-8-19-10-12)9-15(23)20-14-7-3-2-6-13(14)16(18)24/h2-8,10H,9H2,1H3,(H2,18,24)(H,20,23)(H,22,25)/b21-11+. The van der Waals surface area contributed by atoms with E-state index >= 15 is 0 Å². The average molecular weight is 339 g/mol. The smallest absolute Gasteiger partial charge is 0.272 e. The lowest BCUT2D eigenvalue weighted by atomic mass is 10.1. The Balaban J connectivity index is 1.94. The summed E-state index contributed by atoms with van der Waals surface area (Å²) in [4.78, 5) is 39.1. The minimum atomic E-state index is -0.634. The van der Waals surface area contributed by atoms with Gasteiger partial charge in [0, 0.05) is 18.1 Å². The van der Waals surface area contributed by atoms with Gasteiger partial charge in [-0.2, -0.15) is 5.10 Å². The van der Waals surface area contributed by atoms with E-state index in [0.29, 0.717) is 17.0 Å². The van der Waals surface area contributed by atoms with Crippen LogP contribution in [-0.4, -0.2) is 28.4 Å². The van der Waals surface area contributed by atoms with Crippen molar-refractivity contribution in [1.82, 2.24) is 10.4 Å². The monoisotopic (exact) mass is 339 g/mol. The van der Waals surface area contributed by atoms with Crippen LogP contribution in [-0.2, 0) is 4.79 Å². The molecule has 2 aromatic rings. The molecule has 4 N–H and O–H groups in total. The molecule has 0 aliphatic rings. The molecule has 25 heavy (non-hydrogen) atoms. The maximum absolute atomic E-state index is 12.0. The molecule has 0 aliphatic carbocycles. The fraction of sp³-hybridized carbons (Fsp3) is 0.118. The summed E-state index contributed by atoms with van der Waals surface area (Å²) in [6.07, 6.45) is 2.91. The van der Waals surface area contributed by atoms with Gasteiger partial charge in [-0.1, -0.05) is 12.1 Å². The lowest BCUT2D eigenvalue weighted by Crippen LogP contribution is -2.22. The predicted octanol–water partition coefficient (Wildman–Crippen LogP) is 1.31. The number of nitrogens with zero attached hydrogens (tertiary/aromatic N) is 2. The molecule has 1 aromatic heterocycles. The van der Waals surface area contributed by atoms with E-state index in [0.717, 1.165) is 0 Å². The van der Waals surface area contributed by atoms with Crippen molar-refractivity contribution in [3.8, 4) is 0 Å². The molecule has 0 bridgehead atoms. The summed E-state index contributed by atoms with van der Waals surface area (Å²) in [6, 6.07) is 9.66. The Labute approximate surface area is 144 Å². The Morgan fingerprint density at radius 2 is 1.92 bits per heavy atom. The van der Waals surface area contributed by atoms with E-state index in [1.165, 1.54) is 12.3 Å². The van der Waals surface area contributed by atoms with E-state index in [-0.39, 0.29) is 17.9 Å². The molecule has 1 aromatic carbocycles. The lowest BCUT2D eigenvalue weighted by Gasteiger charge is -2.08. The number of rotatable bonds is 6. The molecule has 0 saturated carbocycles. The van der Waals surface area contributed by atoms with Crippen LogP contribution in [0.5, 0.6) is 0 Å². The Bertz CT molecular complexity index is 818. The second-order valence-electron chi connectivity index (χ2n) is 5.16. The first-order valence-corrected chi connectivity index (χ1v) is 7.39. The molecule has 128 valence electrons. The van der Waals surface area contributed by atoms with Crippen LogP contribution in [0.4, 0.5) is 5.69 Å². The highest BCUT2D eigenvalue weighted by molar-refractivity contribution is 6.09. The Morgan fingerprint density at radius 1 is 1.16 bits per heavy atom. The number of nitrogens with one attached hydrogen (secondary N) is 2. The molecule has 1 heterocycles. The fourth-order valence-electron chi connectivity index (χ4n) is 1.98. The number of anilines is 1. The molecule has 0 unspecified atom stereocenters. The highest BCUT2D eigenvalue weighted by Gasteiger charge is 2.11. The molecule has 8 heteroatoms. The summed E-state index contributed by atoms with van der Waals surface area (Å²) in [5.41, 5.74) is 8.91. The minimum Gasteiger partial charge on any atom is -0.366 e. The van der Waals surface area contributed by atoms with Gasteiger partial charge in [-0.05, 0) is 31.2 Å². The molecule has 0 saturated heterocycles. The van der Waals surface area contributed by atoms with Gasteiger partial charge in [0.25, 0.3) is 11.8 Å². The maximum Gasteiger partial charge on any atom is 0.272 e. The predicted molar refractivity (Wildman–Crippen MR) is 93.0 cm³/mol. The van der Waals surface area contributed by atoms with Gasteiger partial charge in [-0.15, -0.1) is 0 Å². The van der Waals surface area contributed by atoms with Crippen molar-refractivity contribution < 1.29 is 14.4 Å². The van der Waals surface area contributed by atoms with E-state index in [2.05, 4.69) is 20.8 Å². The van der Waals surface area contributed by atoms with Crippen LogP contribution in [0.2, 0.25) is 0 Å². The average Bonchev–Trinajstić information content (AvgIpc) is 2.60. The van der Waals surface area contributed by atoms with Crippen LogP contribution < -0.4 is 16.5 Å². The summed E-state index contributed by atoms with van der Waals surface area (Å²) < 4.78 is 0. The van der Waals surface area contributed by atoms with Crippen LogP contribution in [0.1, 0.15) is 34.1 Å². The van der Waals surface area contributed by atoms with E-state index < -0.39 is 11.8 Å². The number of amides is 3. The van der Waals surface area contributed by atoms with Gasteiger partial charge < -0.3 is 11.1 Å². The third-order valence-electron chi connectivity index (χ3n) is 3.16. The summed E-state index contributed by atoms with van der Waals surface area (Å²) in [6.45, 7) is 1.60. The number of hydrogen-bond donors (Lipinski definition) is 3. The number of carbonyl (C=O) groups is 3. The third kappa shape index (κ3) is 5.24. The van der Waals surface area contributed by atoms with Crippen LogP contribution >= 0.6 is 0 Å². The van der Waals surface area contributed by atoms with Crippen LogP contribution in [0.3, 0.4) is 0 Å². The number of carbonyl (C=O) groups excluding carboxylic acids is 3. The lowest BCUT2D eigenvalue weighted by molar-refractivity contribution is -0.115. The molecule has 0 radical (unpaired) electrons. The SMILES string of the molecule is C/C(CC(=O)Nc1ccccc1C(N)=O)=N\NC(=O)c1cccnc1. The molecule has 0 fully saturated rings. The molecule has 3 amide bonds. The van der Waals surface area contributed by atoms with Crippen molar-refractivity contribution in [2.45, 2.75) is 13.3 Å². The van der Waals surface area contributed by atoms with Gasteiger partial charge in [0.15, 0.2) is 0 Å². The number of hydrazone groups is 1. The quantitative estimate of drug-likeness (QED) is 0.542. The van der Waals surface area contributed by atoms with Gasteiger partial charge in [-0.25, -0.2) is 5.43 Å². The Morgan fingerprint density at radius 3 is 2.60 bits per heavy atom. The van der Waals surface area contributed by atoms with Crippen molar-refractivity contribution in [2.75, 3.05) is 5.32 Å². The van der Waals surface area contributed by atoms with Gasteiger partial charge in [0.05, 0.1) is 23.2 Å². The minimum absolute atomic E-state index is 0.0551. The number of nitrogens with two attached hydrogens (primary N) is 1.